The molecule has 2 amide bonds. The van der Waals surface area contributed by atoms with Gasteiger partial charge >= 0.3 is 0 Å². The Morgan fingerprint density at radius 1 is 1.33 bits per heavy atom. The van der Waals surface area contributed by atoms with Gasteiger partial charge in [-0.15, -0.1) is 0 Å². The highest BCUT2D eigenvalue weighted by molar-refractivity contribution is 5.89. The summed E-state index contributed by atoms with van der Waals surface area (Å²) in [5.74, 6) is -0.107. The van der Waals surface area contributed by atoms with Crippen molar-refractivity contribution < 1.29 is 14.4 Å². The maximum Gasteiger partial charge on any atom is 0.243 e. The minimum absolute atomic E-state index is 0.00478. The molecule has 8 heteroatoms. The van der Waals surface area contributed by atoms with E-state index in [1.165, 1.54) is 4.90 Å². The number of oxime groups is 1. The van der Waals surface area contributed by atoms with Crippen molar-refractivity contribution in [3.8, 4) is 0 Å². The Morgan fingerprint density at radius 2 is 2.11 bits per heavy atom. The zero-order valence-electron chi connectivity index (χ0n) is 15.1. The van der Waals surface area contributed by atoms with Gasteiger partial charge in [-0.25, -0.2) is 0 Å². The highest BCUT2D eigenvalue weighted by Crippen LogP contribution is 2.24. The Balaban J connectivity index is 1.62. The van der Waals surface area contributed by atoms with Gasteiger partial charge in [-0.1, -0.05) is 40.7 Å². The molecule has 0 radical (unpaired) electrons. The molecule has 0 aromatic heterocycles. The first-order valence-corrected chi connectivity index (χ1v) is 8.90. The fraction of sp³-hybridized carbons (Fsp3) is 0.421. The third-order valence-electron chi connectivity index (χ3n) is 4.63. The Kier molecular flexibility index (Phi) is 5.95. The summed E-state index contributed by atoms with van der Waals surface area (Å²) < 4.78 is 0. The van der Waals surface area contributed by atoms with Gasteiger partial charge in [0.15, 0.2) is 0 Å². The van der Waals surface area contributed by atoms with Crippen molar-refractivity contribution in [2.45, 2.75) is 44.8 Å². The van der Waals surface area contributed by atoms with Gasteiger partial charge in [0.2, 0.25) is 11.8 Å². The molecule has 0 spiro atoms. The number of nitrogens with zero attached hydrogens (tertiary/aromatic N) is 3. The molecule has 1 saturated heterocycles. The number of allylic oxidation sites excluding steroid dienone is 1. The van der Waals surface area contributed by atoms with Crippen LogP contribution in [0.4, 0.5) is 0 Å². The summed E-state index contributed by atoms with van der Waals surface area (Å²) in [6, 6.07) is 8.20. The molecule has 0 aliphatic carbocycles. The number of likely N-dealkylation sites (tertiary alicyclic amines) is 1. The van der Waals surface area contributed by atoms with Gasteiger partial charge in [0, 0.05) is 25.9 Å². The number of rotatable bonds is 6. The fourth-order valence-electron chi connectivity index (χ4n) is 3.14. The average Bonchev–Trinajstić information content (AvgIpc) is 3.13. The summed E-state index contributed by atoms with van der Waals surface area (Å²) in [6.45, 7) is 2.34. The normalized spacial score (nSPS) is 21.7. The SMILES string of the molecule is CC1=NOC(CC(=O)N2CC(N=O)CC2C(=O)NCc2ccccc2)=CC1. The number of carbonyl (C=O) groups excluding carboxylic acids is 2. The number of nitroso groups, excluding NO2 is 1. The van der Waals surface area contributed by atoms with Crippen LogP contribution in [0.2, 0.25) is 0 Å². The molecule has 2 unspecified atom stereocenters. The predicted octanol–water partition coefficient (Wildman–Crippen LogP) is 2.11. The molecule has 2 aliphatic rings. The van der Waals surface area contributed by atoms with E-state index in [0.29, 0.717) is 18.7 Å². The largest absolute Gasteiger partial charge is 0.361 e. The van der Waals surface area contributed by atoms with Crippen LogP contribution in [-0.4, -0.2) is 41.1 Å². The molecule has 27 heavy (non-hydrogen) atoms. The van der Waals surface area contributed by atoms with Gasteiger partial charge in [0.05, 0.1) is 12.1 Å². The second-order valence-corrected chi connectivity index (χ2v) is 6.73. The summed E-state index contributed by atoms with van der Waals surface area (Å²) in [6.07, 6.45) is 2.66. The number of hydrogen-bond acceptors (Lipinski definition) is 6. The summed E-state index contributed by atoms with van der Waals surface area (Å²) in [5.41, 5.74) is 1.79. The van der Waals surface area contributed by atoms with E-state index < -0.39 is 12.1 Å². The molecule has 2 aliphatic heterocycles. The second-order valence-electron chi connectivity index (χ2n) is 6.73. The van der Waals surface area contributed by atoms with Gasteiger partial charge < -0.3 is 15.1 Å². The highest BCUT2D eigenvalue weighted by Gasteiger charge is 2.40. The lowest BCUT2D eigenvalue weighted by molar-refractivity contribution is -0.138. The number of amides is 2. The summed E-state index contributed by atoms with van der Waals surface area (Å²) in [4.78, 5) is 42.9. The average molecular weight is 370 g/mol. The first-order chi connectivity index (χ1) is 13.1. The zero-order valence-corrected chi connectivity index (χ0v) is 15.1. The zero-order chi connectivity index (χ0) is 19.2. The molecule has 0 saturated carbocycles. The summed E-state index contributed by atoms with van der Waals surface area (Å²) in [7, 11) is 0. The van der Waals surface area contributed by atoms with E-state index in [1.807, 2.05) is 37.3 Å². The van der Waals surface area contributed by atoms with Crippen molar-refractivity contribution in [3.63, 3.8) is 0 Å². The Hall–Kier alpha value is -3.03. The molecular formula is C19H22N4O4. The molecule has 1 N–H and O–H groups in total. The quantitative estimate of drug-likeness (QED) is 0.775. The molecule has 142 valence electrons. The van der Waals surface area contributed by atoms with Crippen molar-refractivity contribution in [2.24, 2.45) is 10.3 Å². The maximum atomic E-state index is 12.7. The third kappa shape index (κ3) is 4.78. The molecule has 1 fully saturated rings. The van der Waals surface area contributed by atoms with Crippen molar-refractivity contribution >= 4 is 17.5 Å². The molecule has 1 aromatic carbocycles. The van der Waals surface area contributed by atoms with Gasteiger partial charge in [0.25, 0.3) is 0 Å². The number of carbonyl (C=O) groups is 2. The lowest BCUT2D eigenvalue weighted by atomic mass is 10.1. The van der Waals surface area contributed by atoms with E-state index in [0.717, 1.165) is 11.3 Å². The monoisotopic (exact) mass is 370 g/mol. The molecule has 2 heterocycles. The third-order valence-corrected chi connectivity index (χ3v) is 4.63. The lowest BCUT2D eigenvalue weighted by Crippen LogP contribution is -2.45. The topological polar surface area (TPSA) is 100 Å². The molecular weight excluding hydrogens is 348 g/mol. The second kappa shape index (κ2) is 8.57. The smallest absolute Gasteiger partial charge is 0.243 e. The molecule has 8 nitrogen and oxygen atoms in total. The predicted molar refractivity (Wildman–Crippen MR) is 99.5 cm³/mol. The van der Waals surface area contributed by atoms with Crippen molar-refractivity contribution in [1.29, 1.82) is 0 Å². The summed E-state index contributed by atoms with van der Waals surface area (Å²) >= 11 is 0. The van der Waals surface area contributed by atoms with Gasteiger partial charge in [-0.05, 0) is 18.6 Å². The molecule has 1 aromatic rings. The van der Waals surface area contributed by atoms with Crippen LogP contribution in [-0.2, 0) is 21.0 Å². The van der Waals surface area contributed by atoms with E-state index in [-0.39, 0.29) is 31.2 Å². The minimum Gasteiger partial charge on any atom is -0.361 e. The highest BCUT2D eigenvalue weighted by atomic mass is 16.6. The van der Waals surface area contributed by atoms with Crippen LogP contribution < -0.4 is 5.32 Å². The standard InChI is InChI=1S/C19H22N4O4/c1-13-7-8-16(27-22-13)10-18(24)23-12-15(21-26)9-17(23)19(25)20-11-14-5-3-2-4-6-14/h2-6,8,15,17H,7,9-12H2,1H3,(H,20,25). The Morgan fingerprint density at radius 3 is 2.78 bits per heavy atom. The van der Waals surface area contributed by atoms with Crippen LogP contribution in [0.1, 0.15) is 31.7 Å². The molecule has 3 rings (SSSR count). The number of benzene rings is 1. The minimum atomic E-state index is -0.710. The van der Waals surface area contributed by atoms with E-state index >= 15 is 0 Å². The van der Waals surface area contributed by atoms with E-state index in [4.69, 9.17) is 4.84 Å². The van der Waals surface area contributed by atoms with Crippen molar-refractivity contribution in [3.05, 3.63) is 52.6 Å². The molecule has 0 bridgehead atoms. The first kappa shape index (κ1) is 18.8. The maximum absolute atomic E-state index is 12.7. The van der Waals surface area contributed by atoms with Crippen LogP contribution >= 0.6 is 0 Å². The summed E-state index contributed by atoms with van der Waals surface area (Å²) in [5, 5.41) is 9.74. The van der Waals surface area contributed by atoms with Crippen molar-refractivity contribution in [2.75, 3.05) is 6.54 Å². The van der Waals surface area contributed by atoms with E-state index in [1.54, 1.807) is 6.08 Å². The molecule has 2 atom stereocenters. The van der Waals surface area contributed by atoms with Crippen LogP contribution in [0, 0.1) is 4.91 Å². The van der Waals surface area contributed by atoms with Crippen molar-refractivity contribution in [1.82, 2.24) is 10.2 Å². The fourth-order valence-corrected chi connectivity index (χ4v) is 3.14. The lowest BCUT2D eigenvalue weighted by Gasteiger charge is -2.24. The van der Waals surface area contributed by atoms with E-state index in [9.17, 15) is 14.5 Å². The number of nitrogens with one attached hydrogen (secondary N) is 1. The Bertz CT molecular complexity index is 775. The van der Waals surface area contributed by atoms with E-state index in [2.05, 4.69) is 15.6 Å². The van der Waals surface area contributed by atoms with Crippen LogP contribution in [0.3, 0.4) is 0 Å². The number of hydrogen-bond donors (Lipinski definition) is 1. The van der Waals surface area contributed by atoms with Crippen LogP contribution in [0.25, 0.3) is 0 Å². The van der Waals surface area contributed by atoms with Crippen LogP contribution in [0.5, 0.6) is 0 Å². The van der Waals surface area contributed by atoms with Gasteiger partial charge in [-0.3, -0.25) is 9.59 Å². The Labute approximate surface area is 157 Å². The van der Waals surface area contributed by atoms with Gasteiger partial charge in [-0.2, -0.15) is 4.91 Å². The first-order valence-electron chi connectivity index (χ1n) is 8.90. The van der Waals surface area contributed by atoms with Gasteiger partial charge in [0.1, 0.15) is 17.8 Å². The van der Waals surface area contributed by atoms with Crippen LogP contribution in [0.15, 0.2) is 52.5 Å².